The Hall–Kier alpha value is -3.33. The van der Waals surface area contributed by atoms with Crippen LogP contribution < -0.4 is 5.32 Å². The molecule has 0 aliphatic carbocycles. The van der Waals surface area contributed by atoms with Crippen LogP contribution in [0.4, 0.5) is 5.13 Å². The minimum atomic E-state index is -0.194. The average Bonchev–Trinajstić information content (AvgIpc) is 3.46. The summed E-state index contributed by atoms with van der Waals surface area (Å²) in [7, 11) is 1.94. The average molecular weight is 437 g/mol. The molecule has 0 aliphatic rings. The molecule has 1 N–H and O–H groups in total. The van der Waals surface area contributed by atoms with Crippen molar-refractivity contribution in [1.82, 2.24) is 24.7 Å². The van der Waals surface area contributed by atoms with Crippen LogP contribution in [0.25, 0.3) is 22.0 Å². The number of carbonyl (C=O) groups is 1. The van der Waals surface area contributed by atoms with Crippen molar-refractivity contribution < 1.29 is 9.32 Å². The molecule has 1 amide bonds. The van der Waals surface area contributed by atoms with Crippen LogP contribution in [0.2, 0.25) is 0 Å². The van der Waals surface area contributed by atoms with Gasteiger partial charge in [-0.2, -0.15) is 4.98 Å². The van der Waals surface area contributed by atoms with E-state index in [1.54, 1.807) is 6.20 Å². The number of carbonyl (C=O) groups excluding carboxylic acids is 1. The van der Waals surface area contributed by atoms with Crippen LogP contribution in [0.3, 0.4) is 0 Å². The summed E-state index contributed by atoms with van der Waals surface area (Å²) in [4.78, 5) is 27.0. The van der Waals surface area contributed by atoms with Gasteiger partial charge in [0.25, 0.3) is 0 Å². The Bertz CT molecular complexity index is 1190. The van der Waals surface area contributed by atoms with Crippen LogP contribution >= 0.6 is 11.3 Å². The Morgan fingerprint density at radius 3 is 2.61 bits per heavy atom. The first-order valence-corrected chi connectivity index (χ1v) is 10.8. The van der Waals surface area contributed by atoms with Gasteiger partial charge in [-0.25, -0.2) is 9.97 Å². The van der Waals surface area contributed by atoms with Gasteiger partial charge in [0.2, 0.25) is 11.8 Å². The van der Waals surface area contributed by atoms with E-state index in [0.29, 0.717) is 23.3 Å². The van der Waals surface area contributed by atoms with Crippen molar-refractivity contribution in [2.24, 2.45) is 7.05 Å². The number of benzene rings is 1. The van der Waals surface area contributed by atoms with E-state index in [2.05, 4.69) is 20.4 Å². The fourth-order valence-electron chi connectivity index (χ4n) is 2.96. The van der Waals surface area contributed by atoms with Gasteiger partial charge in [-0.1, -0.05) is 67.6 Å². The summed E-state index contributed by atoms with van der Waals surface area (Å²) in [6.45, 7) is 6.04. The topological polar surface area (TPSA) is 98.7 Å². The van der Waals surface area contributed by atoms with Crippen molar-refractivity contribution >= 4 is 22.4 Å². The lowest BCUT2D eigenvalue weighted by atomic mass is 9.96. The van der Waals surface area contributed by atoms with Gasteiger partial charge in [0.15, 0.2) is 16.8 Å². The number of nitrogens with one attached hydrogen (secondary N) is 1. The molecule has 31 heavy (non-hydrogen) atoms. The summed E-state index contributed by atoms with van der Waals surface area (Å²) < 4.78 is 7.21. The normalized spacial score (nSPS) is 11.6. The van der Waals surface area contributed by atoms with Gasteiger partial charge in [-0.05, 0) is 0 Å². The second kappa shape index (κ2) is 8.43. The lowest BCUT2D eigenvalue weighted by Gasteiger charge is -2.10. The molecule has 4 aromatic rings. The van der Waals surface area contributed by atoms with E-state index in [0.717, 1.165) is 22.0 Å². The molecule has 0 aliphatic heterocycles. The number of imidazole rings is 1. The summed E-state index contributed by atoms with van der Waals surface area (Å²) in [6, 6.07) is 9.88. The molecule has 1 aromatic carbocycles. The summed E-state index contributed by atoms with van der Waals surface area (Å²) >= 11 is 1.41. The van der Waals surface area contributed by atoms with Crippen molar-refractivity contribution in [3.63, 3.8) is 0 Å². The number of anilines is 1. The lowest BCUT2D eigenvalue weighted by molar-refractivity contribution is -0.116. The van der Waals surface area contributed by atoms with Crippen molar-refractivity contribution in [1.29, 1.82) is 0 Å². The molecule has 9 heteroatoms. The predicted octanol–water partition coefficient (Wildman–Crippen LogP) is 4.46. The zero-order chi connectivity index (χ0) is 22.0. The fraction of sp³-hybridized carbons (Fsp3) is 0.318. The Labute approximate surface area is 184 Å². The number of hydrogen-bond donors (Lipinski definition) is 1. The molecule has 0 saturated carbocycles. The van der Waals surface area contributed by atoms with Gasteiger partial charge < -0.3 is 14.4 Å². The highest BCUT2D eigenvalue weighted by Gasteiger charge is 2.22. The van der Waals surface area contributed by atoms with Crippen molar-refractivity contribution in [3.05, 3.63) is 54.4 Å². The SMILES string of the molecule is Cn1ccnc1-c1sc(NC(=O)CCc2nc(C(C)(C)C)no2)nc1-c1ccccc1. The van der Waals surface area contributed by atoms with Crippen molar-refractivity contribution in [3.8, 4) is 22.0 Å². The van der Waals surface area contributed by atoms with E-state index >= 15 is 0 Å². The second-order valence-electron chi connectivity index (χ2n) is 8.23. The van der Waals surface area contributed by atoms with E-state index in [9.17, 15) is 4.79 Å². The van der Waals surface area contributed by atoms with Crippen LogP contribution in [0.5, 0.6) is 0 Å². The molecule has 8 nitrogen and oxygen atoms in total. The number of aromatic nitrogens is 5. The summed E-state index contributed by atoms with van der Waals surface area (Å²) in [5, 5.41) is 7.43. The molecule has 0 bridgehead atoms. The number of rotatable bonds is 6. The van der Waals surface area contributed by atoms with E-state index < -0.39 is 0 Å². The Balaban J connectivity index is 1.51. The maximum absolute atomic E-state index is 12.5. The molecule has 0 radical (unpaired) electrons. The van der Waals surface area contributed by atoms with E-state index in [1.807, 2.05) is 68.9 Å². The summed E-state index contributed by atoms with van der Waals surface area (Å²) in [6.07, 6.45) is 4.23. The maximum Gasteiger partial charge on any atom is 0.227 e. The third-order valence-corrected chi connectivity index (χ3v) is 5.62. The Kier molecular flexibility index (Phi) is 5.69. The molecule has 0 atom stereocenters. The van der Waals surface area contributed by atoms with Gasteiger partial charge >= 0.3 is 0 Å². The smallest absolute Gasteiger partial charge is 0.227 e. The highest BCUT2D eigenvalue weighted by Crippen LogP contribution is 2.38. The number of nitrogens with zero attached hydrogens (tertiary/aromatic N) is 5. The Morgan fingerprint density at radius 2 is 1.97 bits per heavy atom. The van der Waals surface area contributed by atoms with Gasteiger partial charge in [-0.15, -0.1) is 0 Å². The molecule has 0 unspecified atom stereocenters. The first-order chi connectivity index (χ1) is 14.8. The lowest BCUT2D eigenvalue weighted by Crippen LogP contribution is -2.14. The zero-order valence-corrected chi connectivity index (χ0v) is 18.7. The minimum Gasteiger partial charge on any atom is -0.339 e. The maximum atomic E-state index is 12.5. The van der Waals surface area contributed by atoms with Crippen LogP contribution in [0, 0.1) is 0 Å². The fourth-order valence-corrected chi connectivity index (χ4v) is 4.01. The number of hydrogen-bond acceptors (Lipinski definition) is 7. The number of amides is 1. The van der Waals surface area contributed by atoms with E-state index in [-0.39, 0.29) is 17.7 Å². The number of thiazole rings is 1. The zero-order valence-electron chi connectivity index (χ0n) is 17.9. The quantitative estimate of drug-likeness (QED) is 0.479. The third kappa shape index (κ3) is 4.72. The Morgan fingerprint density at radius 1 is 1.19 bits per heavy atom. The molecule has 4 rings (SSSR count). The van der Waals surface area contributed by atoms with Crippen LogP contribution in [0.1, 0.15) is 38.9 Å². The number of aryl methyl sites for hydroxylation is 2. The van der Waals surface area contributed by atoms with E-state index in [1.165, 1.54) is 11.3 Å². The van der Waals surface area contributed by atoms with E-state index in [4.69, 9.17) is 9.51 Å². The minimum absolute atomic E-state index is 0.157. The highest BCUT2D eigenvalue weighted by atomic mass is 32.1. The van der Waals surface area contributed by atoms with Crippen LogP contribution in [0.15, 0.2) is 47.2 Å². The van der Waals surface area contributed by atoms with Gasteiger partial charge in [-0.3, -0.25) is 4.79 Å². The first-order valence-electron chi connectivity index (χ1n) is 9.98. The standard InChI is InChI=1S/C22H24N6O2S/c1-22(2,3)20-25-16(30-27-20)11-10-15(29)24-21-26-17(14-8-6-5-7-9-14)18(31-21)19-23-12-13-28(19)4/h5-9,12-13H,10-11H2,1-4H3,(H,24,26,29). The molecule has 0 saturated heterocycles. The molecule has 0 fully saturated rings. The van der Waals surface area contributed by atoms with Crippen molar-refractivity contribution in [2.45, 2.75) is 39.0 Å². The molecule has 0 spiro atoms. The molecule has 3 aromatic heterocycles. The molecular weight excluding hydrogens is 412 g/mol. The highest BCUT2D eigenvalue weighted by molar-refractivity contribution is 7.19. The molecular formula is C22H24N6O2S. The third-order valence-electron chi connectivity index (χ3n) is 4.65. The monoisotopic (exact) mass is 436 g/mol. The summed E-state index contributed by atoms with van der Waals surface area (Å²) in [5.41, 5.74) is 1.57. The molecule has 160 valence electrons. The van der Waals surface area contributed by atoms with Crippen LogP contribution in [-0.2, 0) is 23.7 Å². The van der Waals surface area contributed by atoms with Gasteiger partial charge in [0, 0.05) is 43.3 Å². The van der Waals surface area contributed by atoms with Crippen molar-refractivity contribution in [2.75, 3.05) is 5.32 Å². The summed E-state index contributed by atoms with van der Waals surface area (Å²) in [5.74, 6) is 1.74. The first kappa shape index (κ1) is 20.9. The van der Waals surface area contributed by atoms with Gasteiger partial charge in [0.1, 0.15) is 0 Å². The molecule has 3 heterocycles. The van der Waals surface area contributed by atoms with Crippen LogP contribution in [-0.4, -0.2) is 30.6 Å². The van der Waals surface area contributed by atoms with Gasteiger partial charge in [0.05, 0.1) is 10.6 Å². The predicted molar refractivity (Wildman–Crippen MR) is 120 cm³/mol. The second-order valence-corrected chi connectivity index (χ2v) is 9.23. The largest absolute Gasteiger partial charge is 0.339 e.